The first-order valence-electron chi connectivity index (χ1n) is 8.30. The molecular formula is C18H22FNO4. The maximum absolute atomic E-state index is 13.4. The van der Waals surface area contributed by atoms with Crippen LogP contribution in [0.5, 0.6) is 0 Å². The van der Waals surface area contributed by atoms with Crippen molar-refractivity contribution >= 4 is 11.9 Å². The first-order chi connectivity index (χ1) is 11.3. The van der Waals surface area contributed by atoms with E-state index in [-0.39, 0.29) is 24.7 Å². The summed E-state index contributed by atoms with van der Waals surface area (Å²) in [5, 5.41) is 20.1. The van der Waals surface area contributed by atoms with Gasteiger partial charge in [0.2, 0.25) is 0 Å². The summed E-state index contributed by atoms with van der Waals surface area (Å²) in [6, 6.07) is 4.14. The molecule has 0 unspecified atom stereocenters. The van der Waals surface area contributed by atoms with Crippen LogP contribution in [0.15, 0.2) is 18.2 Å². The Kier molecular flexibility index (Phi) is 4.34. The predicted octanol–water partition coefficient (Wildman–Crippen LogP) is 2.21. The highest BCUT2D eigenvalue weighted by molar-refractivity contribution is 5.95. The lowest BCUT2D eigenvalue weighted by Crippen LogP contribution is -2.57. The zero-order chi connectivity index (χ0) is 17.5. The van der Waals surface area contributed by atoms with Gasteiger partial charge < -0.3 is 15.1 Å². The Bertz CT molecular complexity index is 673. The first-order valence-corrected chi connectivity index (χ1v) is 8.30. The molecule has 2 fully saturated rings. The minimum absolute atomic E-state index is 0.00470. The van der Waals surface area contributed by atoms with E-state index >= 15 is 0 Å². The van der Waals surface area contributed by atoms with Crippen LogP contribution in [0.2, 0.25) is 0 Å². The summed E-state index contributed by atoms with van der Waals surface area (Å²) in [7, 11) is 0. The summed E-state index contributed by atoms with van der Waals surface area (Å²) >= 11 is 0. The Labute approximate surface area is 140 Å². The second kappa shape index (κ2) is 6.16. The number of carboxylic acids is 1. The Hall–Kier alpha value is -1.95. The number of aliphatic hydroxyl groups is 1. The van der Waals surface area contributed by atoms with Gasteiger partial charge >= 0.3 is 5.97 Å². The summed E-state index contributed by atoms with van der Waals surface area (Å²) in [6.07, 6.45) is 1.65. The van der Waals surface area contributed by atoms with Gasteiger partial charge in [0.15, 0.2) is 0 Å². The van der Waals surface area contributed by atoms with Crippen molar-refractivity contribution in [1.29, 1.82) is 0 Å². The van der Waals surface area contributed by atoms with Gasteiger partial charge in [0.05, 0.1) is 6.10 Å². The second-order valence-electron chi connectivity index (χ2n) is 7.10. The van der Waals surface area contributed by atoms with E-state index in [1.165, 1.54) is 23.1 Å². The van der Waals surface area contributed by atoms with Crippen molar-refractivity contribution in [3.05, 3.63) is 35.1 Å². The van der Waals surface area contributed by atoms with Crippen LogP contribution in [0.3, 0.4) is 0 Å². The van der Waals surface area contributed by atoms with Gasteiger partial charge in [-0.3, -0.25) is 9.59 Å². The van der Waals surface area contributed by atoms with Gasteiger partial charge in [0, 0.05) is 18.7 Å². The number of rotatable bonds is 4. The van der Waals surface area contributed by atoms with Gasteiger partial charge in [-0.25, -0.2) is 4.39 Å². The second-order valence-corrected chi connectivity index (χ2v) is 7.10. The molecule has 24 heavy (non-hydrogen) atoms. The Morgan fingerprint density at radius 3 is 2.62 bits per heavy atom. The lowest BCUT2D eigenvalue weighted by Gasteiger charge is -2.43. The maximum Gasteiger partial charge on any atom is 0.314 e. The highest BCUT2D eigenvalue weighted by Gasteiger charge is 2.52. The normalized spacial score (nSPS) is 27.1. The lowest BCUT2D eigenvalue weighted by atomic mass is 9.73. The molecule has 0 spiro atoms. The molecule has 1 aliphatic carbocycles. The van der Waals surface area contributed by atoms with E-state index in [4.69, 9.17) is 0 Å². The van der Waals surface area contributed by atoms with E-state index < -0.39 is 17.5 Å². The number of piperidine rings is 1. The van der Waals surface area contributed by atoms with Crippen LogP contribution in [0.4, 0.5) is 4.39 Å². The molecule has 1 aromatic carbocycles. The van der Waals surface area contributed by atoms with E-state index in [1.807, 2.05) is 0 Å². The number of carboxylic acid groups (broad SMARTS) is 1. The summed E-state index contributed by atoms with van der Waals surface area (Å²) < 4.78 is 13.4. The molecule has 0 aromatic heterocycles. The number of aliphatic carboxylic acids is 1. The summed E-state index contributed by atoms with van der Waals surface area (Å²) in [6.45, 7) is 1.88. The number of aliphatic hydroxyl groups excluding tert-OH is 1. The SMILES string of the molecule is Cc1cc(C(=O)N2CC[C@@H](O)[C@](CC3CC3)(C(=O)O)C2)ccc1F. The highest BCUT2D eigenvalue weighted by Crippen LogP contribution is 2.45. The fourth-order valence-electron chi connectivity index (χ4n) is 3.55. The minimum Gasteiger partial charge on any atom is -0.481 e. The third kappa shape index (κ3) is 3.02. The first kappa shape index (κ1) is 16.9. The van der Waals surface area contributed by atoms with Crippen molar-refractivity contribution in [2.45, 2.75) is 38.7 Å². The van der Waals surface area contributed by atoms with E-state index in [0.29, 0.717) is 30.0 Å². The Morgan fingerprint density at radius 2 is 2.04 bits per heavy atom. The fraction of sp³-hybridized carbons (Fsp3) is 0.556. The molecule has 1 aliphatic heterocycles. The molecule has 1 heterocycles. The third-order valence-corrected chi connectivity index (χ3v) is 5.25. The lowest BCUT2D eigenvalue weighted by molar-refractivity contribution is -0.163. The van der Waals surface area contributed by atoms with Gasteiger partial charge in [0.25, 0.3) is 5.91 Å². The van der Waals surface area contributed by atoms with Crippen molar-refractivity contribution in [3.63, 3.8) is 0 Å². The number of hydrogen-bond donors (Lipinski definition) is 2. The summed E-state index contributed by atoms with van der Waals surface area (Å²) in [4.78, 5) is 26.1. The molecule has 1 saturated heterocycles. The van der Waals surface area contributed by atoms with Gasteiger partial charge in [-0.05, 0) is 49.4 Å². The quantitative estimate of drug-likeness (QED) is 0.884. The van der Waals surface area contributed by atoms with Crippen LogP contribution in [-0.2, 0) is 4.79 Å². The number of carbonyl (C=O) groups is 2. The number of carbonyl (C=O) groups excluding carboxylic acids is 1. The molecular weight excluding hydrogens is 313 g/mol. The zero-order valence-electron chi connectivity index (χ0n) is 13.7. The molecule has 5 nitrogen and oxygen atoms in total. The number of amides is 1. The van der Waals surface area contributed by atoms with Crippen molar-refractivity contribution in [2.75, 3.05) is 13.1 Å². The van der Waals surface area contributed by atoms with Crippen molar-refractivity contribution in [2.24, 2.45) is 11.3 Å². The number of likely N-dealkylation sites (tertiary alicyclic amines) is 1. The Morgan fingerprint density at radius 1 is 1.33 bits per heavy atom. The summed E-state index contributed by atoms with van der Waals surface area (Å²) in [5.74, 6) is -1.42. The molecule has 1 saturated carbocycles. The van der Waals surface area contributed by atoms with Crippen LogP contribution < -0.4 is 0 Å². The average Bonchev–Trinajstić information content (AvgIpc) is 3.35. The fourth-order valence-corrected chi connectivity index (χ4v) is 3.55. The number of nitrogens with zero attached hydrogens (tertiary/aromatic N) is 1. The molecule has 2 N–H and O–H groups in total. The third-order valence-electron chi connectivity index (χ3n) is 5.25. The monoisotopic (exact) mass is 335 g/mol. The number of benzene rings is 1. The molecule has 130 valence electrons. The molecule has 1 amide bonds. The van der Waals surface area contributed by atoms with Crippen LogP contribution in [0.25, 0.3) is 0 Å². The molecule has 3 rings (SSSR count). The van der Waals surface area contributed by atoms with Gasteiger partial charge in [-0.2, -0.15) is 0 Å². The van der Waals surface area contributed by atoms with Crippen molar-refractivity contribution in [1.82, 2.24) is 4.90 Å². The maximum atomic E-state index is 13.4. The van der Waals surface area contributed by atoms with Crippen molar-refractivity contribution in [3.8, 4) is 0 Å². The van der Waals surface area contributed by atoms with Crippen molar-refractivity contribution < 1.29 is 24.2 Å². The van der Waals surface area contributed by atoms with E-state index in [9.17, 15) is 24.2 Å². The molecule has 0 bridgehead atoms. The standard InChI is InChI=1S/C18H22FNO4/c1-11-8-13(4-5-14(11)19)16(22)20-7-6-15(21)18(10-20,17(23)24)9-12-2-3-12/h4-5,8,12,15,21H,2-3,6-7,9-10H2,1H3,(H,23,24)/t15-,18-/m1/s1. The van der Waals surface area contributed by atoms with Crippen LogP contribution in [0.1, 0.15) is 41.6 Å². The molecule has 1 aromatic rings. The molecule has 0 radical (unpaired) electrons. The van der Waals surface area contributed by atoms with Gasteiger partial charge in [-0.15, -0.1) is 0 Å². The van der Waals surface area contributed by atoms with E-state index in [1.54, 1.807) is 6.92 Å². The van der Waals surface area contributed by atoms with Crippen LogP contribution in [0, 0.1) is 24.1 Å². The minimum atomic E-state index is -1.30. The van der Waals surface area contributed by atoms with Gasteiger partial charge in [-0.1, -0.05) is 12.8 Å². The average molecular weight is 335 g/mol. The zero-order valence-corrected chi connectivity index (χ0v) is 13.7. The van der Waals surface area contributed by atoms with Gasteiger partial charge in [0.1, 0.15) is 11.2 Å². The summed E-state index contributed by atoms with van der Waals surface area (Å²) in [5.41, 5.74) is -0.583. The Balaban J connectivity index is 1.84. The molecule has 2 aliphatic rings. The number of hydrogen-bond acceptors (Lipinski definition) is 3. The number of halogens is 1. The molecule has 6 heteroatoms. The molecule has 2 atom stereocenters. The highest BCUT2D eigenvalue weighted by atomic mass is 19.1. The van der Waals surface area contributed by atoms with Crippen LogP contribution >= 0.6 is 0 Å². The predicted molar refractivity (Wildman–Crippen MR) is 85.1 cm³/mol. The smallest absolute Gasteiger partial charge is 0.314 e. The van der Waals surface area contributed by atoms with E-state index in [2.05, 4.69) is 0 Å². The van der Waals surface area contributed by atoms with Crippen LogP contribution in [-0.4, -0.2) is 46.2 Å². The number of aryl methyl sites for hydroxylation is 1. The topological polar surface area (TPSA) is 77.8 Å². The van der Waals surface area contributed by atoms with E-state index in [0.717, 1.165) is 12.8 Å². The largest absolute Gasteiger partial charge is 0.481 e.